The molecule has 0 radical (unpaired) electrons. The first-order valence-corrected chi connectivity index (χ1v) is 7.27. The third-order valence-electron chi connectivity index (χ3n) is 3.72. The summed E-state index contributed by atoms with van der Waals surface area (Å²) in [5.74, 6) is -3.26. The number of hydrogen-bond acceptors (Lipinski definition) is 3. The monoisotopic (exact) mass is 367 g/mol. The van der Waals surface area contributed by atoms with E-state index in [-0.39, 0.29) is 0 Å². The lowest BCUT2D eigenvalue weighted by atomic mass is 9.97. The van der Waals surface area contributed by atoms with Gasteiger partial charge in [0, 0.05) is 6.20 Å². The van der Waals surface area contributed by atoms with Gasteiger partial charge in [0.25, 0.3) is 5.91 Å². The minimum absolute atomic E-state index is 0.643. The Morgan fingerprint density at radius 2 is 1.65 bits per heavy atom. The minimum atomic E-state index is -4.78. The van der Waals surface area contributed by atoms with Crippen molar-refractivity contribution in [2.75, 3.05) is 0 Å². The van der Waals surface area contributed by atoms with E-state index in [1.165, 1.54) is 6.07 Å². The molecule has 134 valence electrons. The average Bonchev–Trinajstić information content (AvgIpc) is 3.03. The summed E-state index contributed by atoms with van der Waals surface area (Å²) in [4.78, 5) is 12.5. The van der Waals surface area contributed by atoms with E-state index in [0.29, 0.717) is 0 Å². The van der Waals surface area contributed by atoms with Gasteiger partial charge in [-0.15, -0.1) is 0 Å². The molecule has 2 aromatic rings. The molecule has 0 aliphatic carbocycles. The van der Waals surface area contributed by atoms with Crippen molar-refractivity contribution in [1.29, 1.82) is 0 Å². The SMILES string of the molecule is O=C(NC1(c2c(F)cccc2F)C=CN=N1)c1ccccc1C(F)(F)F. The van der Waals surface area contributed by atoms with Gasteiger partial charge in [-0.05, 0) is 30.3 Å². The Morgan fingerprint density at radius 3 is 2.23 bits per heavy atom. The summed E-state index contributed by atoms with van der Waals surface area (Å²) < 4.78 is 67.7. The van der Waals surface area contributed by atoms with Crippen LogP contribution in [0.3, 0.4) is 0 Å². The van der Waals surface area contributed by atoms with Crippen molar-refractivity contribution in [3.63, 3.8) is 0 Å². The molecule has 1 aliphatic heterocycles. The molecule has 0 saturated carbocycles. The molecule has 3 rings (SSSR count). The van der Waals surface area contributed by atoms with Crippen LogP contribution in [0, 0.1) is 11.6 Å². The largest absolute Gasteiger partial charge is 0.417 e. The Bertz CT molecular complexity index is 889. The first kappa shape index (κ1) is 17.7. The Balaban J connectivity index is 2.06. The van der Waals surface area contributed by atoms with Crippen LogP contribution in [0.5, 0.6) is 0 Å². The van der Waals surface area contributed by atoms with Crippen LogP contribution < -0.4 is 5.32 Å². The fourth-order valence-corrected chi connectivity index (χ4v) is 2.59. The second-order valence-electron chi connectivity index (χ2n) is 5.39. The highest BCUT2D eigenvalue weighted by Gasteiger charge is 2.41. The Morgan fingerprint density at radius 1 is 1.00 bits per heavy atom. The standard InChI is InChI=1S/C17H10F5N3O/c18-12-6-3-7-13(19)14(12)16(8-9-23-25-16)24-15(26)10-4-1-2-5-11(10)17(20,21)22/h1-9H,(H,24,26). The molecular weight excluding hydrogens is 357 g/mol. The molecule has 0 spiro atoms. The predicted octanol–water partition coefficient (Wildman–Crippen LogP) is 4.55. The van der Waals surface area contributed by atoms with Gasteiger partial charge in [-0.25, -0.2) is 8.78 Å². The van der Waals surface area contributed by atoms with Crippen LogP contribution in [0.4, 0.5) is 22.0 Å². The normalized spacial score (nSPS) is 19.0. The molecule has 9 heteroatoms. The van der Waals surface area contributed by atoms with Gasteiger partial charge in [0.2, 0.25) is 5.66 Å². The third kappa shape index (κ3) is 3.07. The molecule has 1 heterocycles. The van der Waals surface area contributed by atoms with Crippen LogP contribution in [-0.4, -0.2) is 5.91 Å². The first-order valence-electron chi connectivity index (χ1n) is 7.27. The van der Waals surface area contributed by atoms with Gasteiger partial charge < -0.3 is 5.32 Å². The molecule has 2 aromatic carbocycles. The molecule has 1 amide bonds. The number of carbonyl (C=O) groups is 1. The zero-order chi connectivity index (χ0) is 18.9. The minimum Gasteiger partial charge on any atom is -0.319 e. The molecule has 26 heavy (non-hydrogen) atoms. The molecule has 1 unspecified atom stereocenters. The van der Waals surface area contributed by atoms with E-state index < -0.39 is 46.1 Å². The van der Waals surface area contributed by atoms with Crippen LogP contribution in [0.15, 0.2) is 65.0 Å². The molecule has 4 nitrogen and oxygen atoms in total. The van der Waals surface area contributed by atoms with E-state index in [9.17, 15) is 26.7 Å². The maximum absolute atomic E-state index is 14.2. The van der Waals surface area contributed by atoms with Gasteiger partial charge in [-0.1, -0.05) is 18.2 Å². The van der Waals surface area contributed by atoms with Crippen LogP contribution in [-0.2, 0) is 11.8 Å². The highest BCUT2D eigenvalue weighted by molar-refractivity contribution is 5.96. The van der Waals surface area contributed by atoms with Crippen LogP contribution in [0.2, 0.25) is 0 Å². The summed E-state index contributed by atoms with van der Waals surface area (Å²) in [6.45, 7) is 0. The van der Waals surface area contributed by atoms with E-state index >= 15 is 0 Å². The topological polar surface area (TPSA) is 53.8 Å². The van der Waals surface area contributed by atoms with Crippen molar-refractivity contribution in [1.82, 2.24) is 5.32 Å². The van der Waals surface area contributed by atoms with Crippen molar-refractivity contribution < 1.29 is 26.7 Å². The summed E-state index contributed by atoms with van der Waals surface area (Å²) in [5.41, 5.74) is -4.60. The number of halogens is 5. The highest BCUT2D eigenvalue weighted by Crippen LogP contribution is 2.35. The number of benzene rings is 2. The summed E-state index contributed by atoms with van der Waals surface area (Å²) in [5, 5.41) is 9.28. The molecule has 1 N–H and O–H groups in total. The number of nitrogens with zero attached hydrogens (tertiary/aromatic N) is 2. The molecule has 0 bridgehead atoms. The van der Waals surface area contributed by atoms with E-state index in [1.54, 1.807) is 0 Å². The second-order valence-corrected chi connectivity index (χ2v) is 5.39. The van der Waals surface area contributed by atoms with Crippen molar-refractivity contribution in [3.8, 4) is 0 Å². The lowest BCUT2D eigenvalue weighted by Crippen LogP contribution is -2.44. The van der Waals surface area contributed by atoms with E-state index in [4.69, 9.17) is 0 Å². The van der Waals surface area contributed by atoms with E-state index in [1.807, 2.05) is 0 Å². The fourth-order valence-electron chi connectivity index (χ4n) is 2.59. The Kier molecular flexibility index (Phi) is 4.31. The molecule has 0 aromatic heterocycles. The lowest BCUT2D eigenvalue weighted by Gasteiger charge is -2.26. The smallest absolute Gasteiger partial charge is 0.319 e. The number of carbonyl (C=O) groups excluding carboxylic acids is 1. The summed E-state index contributed by atoms with van der Waals surface area (Å²) in [6, 6.07) is 7.05. The van der Waals surface area contributed by atoms with Crippen LogP contribution in [0.1, 0.15) is 21.5 Å². The zero-order valence-corrected chi connectivity index (χ0v) is 12.9. The number of alkyl halides is 3. The average molecular weight is 367 g/mol. The second kappa shape index (κ2) is 6.32. The van der Waals surface area contributed by atoms with E-state index in [0.717, 1.165) is 48.7 Å². The highest BCUT2D eigenvalue weighted by atomic mass is 19.4. The number of amides is 1. The van der Waals surface area contributed by atoms with Crippen molar-refractivity contribution in [2.45, 2.75) is 11.8 Å². The fraction of sp³-hybridized carbons (Fsp3) is 0.118. The van der Waals surface area contributed by atoms with Crippen LogP contribution >= 0.6 is 0 Å². The van der Waals surface area contributed by atoms with Gasteiger partial charge in [0.15, 0.2) is 0 Å². The zero-order valence-electron chi connectivity index (χ0n) is 12.9. The third-order valence-corrected chi connectivity index (χ3v) is 3.72. The molecular formula is C17H10F5N3O. The van der Waals surface area contributed by atoms with E-state index in [2.05, 4.69) is 15.5 Å². The number of nitrogens with one attached hydrogen (secondary N) is 1. The molecule has 0 saturated heterocycles. The summed E-state index contributed by atoms with van der Waals surface area (Å²) >= 11 is 0. The van der Waals surface area contributed by atoms with Gasteiger partial charge in [-0.3, -0.25) is 4.79 Å². The quantitative estimate of drug-likeness (QED) is 0.796. The lowest BCUT2D eigenvalue weighted by molar-refractivity contribution is -0.137. The van der Waals surface area contributed by atoms with Crippen LogP contribution in [0.25, 0.3) is 0 Å². The van der Waals surface area contributed by atoms with Gasteiger partial charge in [0.05, 0.1) is 16.7 Å². The van der Waals surface area contributed by atoms with Gasteiger partial charge >= 0.3 is 6.18 Å². The van der Waals surface area contributed by atoms with Gasteiger partial charge in [-0.2, -0.15) is 23.4 Å². The summed E-state index contributed by atoms with van der Waals surface area (Å²) in [7, 11) is 0. The van der Waals surface area contributed by atoms with Gasteiger partial charge in [0.1, 0.15) is 11.6 Å². The Labute approximate surface area is 144 Å². The summed E-state index contributed by atoms with van der Waals surface area (Å²) in [6.07, 6.45) is -2.61. The van der Waals surface area contributed by atoms with Crippen molar-refractivity contribution >= 4 is 5.91 Å². The maximum atomic E-state index is 14.2. The maximum Gasteiger partial charge on any atom is 0.417 e. The van der Waals surface area contributed by atoms with Crippen molar-refractivity contribution in [3.05, 3.63) is 83.1 Å². The molecule has 1 aliphatic rings. The number of azo groups is 1. The first-order chi connectivity index (χ1) is 12.2. The number of hydrogen-bond donors (Lipinski definition) is 1. The Hall–Kier alpha value is -3.10. The number of rotatable bonds is 3. The predicted molar refractivity (Wildman–Crippen MR) is 80.9 cm³/mol. The molecule has 0 fully saturated rings. The molecule has 1 atom stereocenters. The van der Waals surface area contributed by atoms with Crippen molar-refractivity contribution in [2.24, 2.45) is 10.2 Å².